The molecule has 1 aromatic rings. The summed E-state index contributed by atoms with van der Waals surface area (Å²) in [5.41, 5.74) is 4.07. The molecule has 0 heterocycles. The molecule has 1 aromatic carbocycles. The SMILES string of the molecule is CC(C)(N)c1ccc(O)c(C(F)(F)F)c1. The summed E-state index contributed by atoms with van der Waals surface area (Å²) in [4.78, 5) is 0. The van der Waals surface area contributed by atoms with Gasteiger partial charge in [-0.25, -0.2) is 0 Å². The molecule has 0 aliphatic heterocycles. The predicted molar refractivity (Wildman–Crippen MR) is 50.3 cm³/mol. The summed E-state index contributed by atoms with van der Waals surface area (Å²) in [5, 5.41) is 9.08. The van der Waals surface area contributed by atoms with Crippen LogP contribution in [0.2, 0.25) is 0 Å². The molecule has 0 aromatic heterocycles. The maximum Gasteiger partial charge on any atom is 0.419 e. The number of phenolic OH excluding ortho intramolecular Hbond substituents is 1. The number of hydrogen-bond donors (Lipinski definition) is 2. The third-order valence-corrected chi connectivity index (χ3v) is 2.05. The Morgan fingerprint density at radius 3 is 2.13 bits per heavy atom. The fourth-order valence-electron chi connectivity index (χ4n) is 1.16. The molecule has 0 unspecified atom stereocenters. The number of alkyl halides is 3. The molecule has 0 aliphatic carbocycles. The average molecular weight is 219 g/mol. The molecule has 0 bridgehead atoms. The molecule has 0 fully saturated rings. The molecule has 0 saturated heterocycles. The van der Waals surface area contributed by atoms with Crippen molar-refractivity contribution in [2.45, 2.75) is 25.6 Å². The van der Waals surface area contributed by atoms with Crippen molar-refractivity contribution >= 4 is 0 Å². The Bertz CT molecular complexity index is 366. The van der Waals surface area contributed by atoms with Crippen molar-refractivity contribution in [1.82, 2.24) is 0 Å². The smallest absolute Gasteiger partial charge is 0.419 e. The van der Waals surface area contributed by atoms with Crippen molar-refractivity contribution in [2.75, 3.05) is 0 Å². The van der Waals surface area contributed by atoms with Crippen LogP contribution in [0.4, 0.5) is 13.2 Å². The molecule has 0 radical (unpaired) electrons. The molecule has 0 amide bonds. The minimum absolute atomic E-state index is 0.327. The molecule has 0 spiro atoms. The molecule has 0 aliphatic rings. The Balaban J connectivity index is 3.30. The highest BCUT2D eigenvalue weighted by atomic mass is 19.4. The van der Waals surface area contributed by atoms with Gasteiger partial charge >= 0.3 is 6.18 Å². The molecule has 5 heteroatoms. The van der Waals surface area contributed by atoms with E-state index in [4.69, 9.17) is 10.8 Å². The van der Waals surface area contributed by atoms with Crippen LogP contribution >= 0.6 is 0 Å². The zero-order valence-electron chi connectivity index (χ0n) is 8.39. The van der Waals surface area contributed by atoms with E-state index < -0.39 is 23.0 Å². The topological polar surface area (TPSA) is 46.2 Å². The lowest BCUT2D eigenvalue weighted by molar-refractivity contribution is -0.138. The van der Waals surface area contributed by atoms with Crippen LogP contribution in [0, 0.1) is 0 Å². The summed E-state index contributed by atoms with van der Waals surface area (Å²) in [6.45, 7) is 3.19. The van der Waals surface area contributed by atoms with Crippen LogP contribution in [0.3, 0.4) is 0 Å². The second-order valence-corrected chi connectivity index (χ2v) is 3.95. The lowest BCUT2D eigenvalue weighted by Gasteiger charge is -2.21. The van der Waals surface area contributed by atoms with E-state index in [9.17, 15) is 13.2 Å². The van der Waals surface area contributed by atoms with Crippen molar-refractivity contribution in [3.05, 3.63) is 29.3 Å². The van der Waals surface area contributed by atoms with Crippen molar-refractivity contribution in [1.29, 1.82) is 0 Å². The predicted octanol–water partition coefficient (Wildman–Crippen LogP) is 2.60. The molecule has 0 atom stereocenters. The molecular weight excluding hydrogens is 207 g/mol. The fourth-order valence-corrected chi connectivity index (χ4v) is 1.16. The summed E-state index contributed by atoms with van der Waals surface area (Å²) < 4.78 is 37.2. The largest absolute Gasteiger partial charge is 0.507 e. The normalized spacial score (nSPS) is 12.9. The van der Waals surface area contributed by atoms with Gasteiger partial charge in [-0.2, -0.15) is 13.2 Å². The summed E-state index contributed by atoms with van der Waals surface area (Å²) in [5.74, 6) is -0.782. The number of phenols is 1. The summed E-state index contributed by atoms with van der Waals surface area (Å²) in [6.07, 6.45) is -4.56. The van der Waals surface area contributed by atoms with Gasteiger partial charge in [0.1, 0.15) is 5.75 Å². The van der Waals surface area contributed by atoms with Crippen LogP contribution in [0.1, 0.15) is 25.0 Å². The third-order valence-electron chi connectivity index (χ3n) is 2.05. The van der Waals surface area contributed by atoms with Gasteiger partial charge in [0.25, 0.3) is 0 Å². The summed E-state index contributed by atoms with van der Waals surface area (Å²) >= 11 is 0. The second-order valence-electron chi connectivity index (χ2n) is 3.95. The number of halogens is 3. The number of aromatic hydroxyl groups is 1. The van der Waals surface area contributed by atoms with Crippen molar-refractivity contribution in [2.24, 2.45) is 5.73 Å². The third kappa shape index (κ3) is 2.62. The molecule has 84 valence electrons. The lowest BCUT2D eigenvalue weighted by atomic mass is 9.93. The van der Waals surface area contributed by atoms with E-state index in [0.29, 0.717) is 5.56 Å². The van der Waals surface area contributed by atoms with E-state index in [1.807, 2.05) is 0 Å². The van der Waals surface area contributed by atoms with Gasteiger partial charge in [-0.15, -0.1) is 0 Å². The van der Waals surface area contributed by atoms with Crippen LogP contribution < -0.4 is 5.73 Å². The Labute approximate surface area is 85.5 Å². The maximum atomic E-state index is 12.4. The van der Waals surface area contributed by atoms with Gasteiger partial charge in [-0.3, -0.25) is 0 Å². The van der Waals surface area contributed by atoms with Crippen LogP contribution in [-0.4, -0.2) is 5.11 Å². The number of benzene rings is 1. The van der Waals surface area contributed by atoms with Gasteiger partial charge in [0, 0.05) is 5.54 Å². The van der Waals surface area contributed by atoms with Crippen LogP contribution in [-0.2, 0) is 11.7 Å². The van der Waals surface area contributed by atoms with E-state index in [0.717, 1.165) is 12.1 Å². The average Bonchev–Trinajstić information content (AvgIpc) is 2.00. The Morgan fingerprint density at radius 2 is 1.73 bits per heavy atom. The number of rotatable bonds is 1. The zero-order valence-corrected chi connectivity index (χ0v) is 8.39. The first-order valence-electron chi connectivity index (χ1n) is 4.32. The van der Waals surface area contributed by atoms with Gasteiger partial charge in [0.15, 0.2) is 0 Å². The minimum Gasteiger partial charge on any atom is -0.507 e. The first kappa shape index (κ1) is 11.8. The Morgan fingerprint density at radius 1 is 1.20 bits per heavy atom. The van der Waals surface area contributed by atoms with E-state index >= 15 is 0 Å². The maximum absolute atomic E-state index is 12.4. The minimum atomic E-state index is -4.56. The monoisotopic (exact) mass is 219 g/mol. The zero-order chi connectivity index (χ0) is 11.9. The van der Waals surface area contributed by atoms with Gasteiger partial charge in [0.05, 0.1) is 5.56 Å². The quantitative estimate of drug-likeness (QED) is 0.762. The summed E-state index contributed by atoms with van der Waals surface area (Å²) in [6, 6.07) is 3.26. The number of hydrogen-bond acceptors (Lipinski definition) is 2. The van der Waals surface area contributed by atoms with Gasteiger partial charge in [-0.05, 0) is 31.5 Å². The van der Waals surface area contributed by atoms with Gasteiger partial charge in [0.2, 0.25) is 0 Å². The molecular formula is C10H12F3NO. The van der Waals surface area contributed by atoms with E-state index in [1.54, 1.807) is 13.8 Å². The number of nitrogens with two attached hydrogens (primary N) is 1. The highest BCUT2D eigenvalue weighted by molar-refractivity contribution is 5.40. The van der Waals surface area contributed by atoms with Gasteiger partial charge < -0.3 is 10.8 Å². The summed E-state index contributed by atoms with van der Waals surface area (Å²) in [7, 11) is 0. The van der Waals surface area contributed by atoms with Crippen molar-refractivity contribution in [3.63, 3.8) is 0 Å². The van der Waals surface area contributed by atoms with E-state index in [2.05, 4.69) is 0 Å². The van der Waals surface area contributed by atoms with Crippen LogP contribution in [0.5, 0.6) is 5.75 Å². The first-order chi connectivity index (χ1) is 6.62. The first-order valence-corrected chi connectivity index (χ1v) is 4.32. The lowest BCUT2D eigenvalue weighted by Crippen LogP contribution is -2.29. The highest BCUT2D eigenvalue weighted by Gasteiger charge is 2.34. The van der Waals surface area contributed by atoms with Gasteiger partial charge in [-0.1, -0.05) is 6.07 Å². The Kier molecular flexibility index (Phi) is 2.69. The standard InChI is InChI=1S/C10H12F3NO/c1-9(2,14)6-3-4-8(15)7(5-6)10(11,12)13/h3-5,15H,14H2,1-2H3. The van der Waals surface area contributed by atoms with Crippen molar-refractivity contribution in [3.8, 4) is 5.75 Å². The molecule has 0 saturated carbocycles. The fraction of sp³-hybridized carbons (Fsp3) is 0.400. The molecule has 3 N–H and O–H groups in total. The van der Waals surface area contributed by atoms with Crippen LogP contribution in [0.25, 0.3) is 0 Å². The molecule has 2 nitrogen and oxygen atoms in total. The highest BCUT2D eigenvalue weighted by Crippen LogP contribution is 2.37. The van der Waals surface area contributed by atoms with Crippen LogP contribution in [0.15, 0.2) is 18.2 Å². The molecule has 15 heavy (non-hydrogen) atoms. The second kappa shape index (κ2) is 3.41. The molecule has 1 rings (SSSR count). The van der Waals surface area contributed by atoms with Crippen molar-refractivity contribution < 1.29 is 18.3 Å². The Hall–Kier alpha value is -1.23. The van der Waals surface area contributed by atoms with E-state index in [-0.39, 0.29) is 0 Å². The van der Waals surface area contributed by atoms with E-state index in [1.165, 1.54) is 6.07 Å².